The number of aromatic amines is 2. The van der Waals surface area contributed by atoms with Crippen molar-refractivity contribution < 1.29 is 9.50 Å². The highest BCUT2D eigenvalue weighted by Crippen LogP contribution is 2.33. The highest BCUT2D eigenvalue weighted by atomic mass is 19.1. The molecule has 5 rings (SSSR count). The first-order chi connectivity index (χ1) is 13.6. The molecule has 2 heterocycles. The number of imidazole rings is 1. The lowest BCUT2D eigenvalue weighted by Crippen LogP contribution is -1.90. The molecule has 0 atom stereocenters. The number of aromatic hydroxyl groups is 1. The Bertz CT molecular complexity index is 1300. The number of phenols is 1. The summed E-state index contributed by atoms with van der Waals surface area (Å²) in [7, 11) is 0. The van der Waals surface area contributed by atoms with E-state index >= 15 is 0 Å². The summed E-state index contributed by atoms with van der Waals surface area (Å²) in [5.41, 5.74) is 5.93. The van der Waals surface area contributed by atoms with Crippen LogP contribution in [0.15, 0.2) is 54.6 Å². The molecule has 138 valence electrons. The van der Waals surface area contributed by atoms with E-state index in [1.54, 1.807) is 0 Å². The topological polar surface area (TPSA) is 77.6 Å². The molecule has 0 saturated carbocycles. The number of phenolic OH excluding ortho intramolecular Hbond substituents is 1. The molecule has 5 nitrogen and oxygen atoms in total. The summed E-state index contributed by atoms with van der Waals surface area (Å²) in [4.78, 5) is 7.92. The van der Waals surface area contributed by atoms with Gasteiger partial charge >= 0.3 is 0 Å². The summed E-state index contributed by atoms with van der Waals surface area (Å²) in [6.07, 6.45) is 0.689. The lowest BCUT2D eigenvalue weighted by atomic mass is 9.96. The number of nitrogens with one attached hydrogen (secondary N) is 2. The molecule has 3 aromatic carbocycles. The SMILES string of the molecule is CCc1cc(O)c(F)cc1-c1ccc2c(-c3nc4ccccc4[nH]3)n[nH]c2c1. The van der Waals surface area contributed by atoms with Crippen molar-refractivity contribution in [2.45, 2.75) is 13.3 Å². The molecule has 0 aliphatic rings. The van der Waals surface area contributed by atoms with Gasteiger partial charge < -0.3 is 10.1 Å². The number of hydrogen-bond acceptors (Lipinski definition) is 3. The second-order valence-corrected chi connectivity index (χ2v) is 6.75. The normalized spacial score (nSPS) is 11.5. The van der Waals surface area contributed by atoms with Gasteiger partial charge in [-0.05, 0) is 59.5 Å². The zero-order chi connectivity index (χ0) is 19.3. The first-order valence-corrected chi connectivity index (χ1v) is 9.09. The largest absolute Gasteiger partial charge is 0.505 e. The minimum Gasteiger partial charge on any atom is -0.505 e. The molecule has 6 heteroatoms. The average molecular weight is 372 g/mol. The highest BCUT2D eigenvalue weighted by Gasteiger charge is 2.15. The molecular formula is C22H17FN4O. The maximum absolute atomic E-state index is 13.9. The Morgan fingerprint density at radius 1 is 1.04 bits per heavy atom. The van der Waals surface area contributed by atoms with Crippen molar-refractivity contribution in [2.75, 3.05) is 0 Å². The molecule has 0 bridgehead atoms. The second kappa shape index (κ2) is 6.20. The van der Waals surface area contributed by atoms with Crippen LogP contribution in [-0.2, 0) is 6.42 Å². The minimum absolute atomic E-state index is 0.324. The molecule has 3 N–H and O–H groups in total. The summed E-state index contributed by atoms with van der Waals surface area (Å²) >= 11 is 0. The quantitative estimate of drug-likeness (QED) is 0.408. The van der Waals surface area contributed by atoms with Crippen LogP contribution in [0.25, 0.3) is 44.6 Å². The summed E-state index contributed by atoms with van der Waals surface area (Å²) in [5.74, 6) is -0.250. The summed E-state index contributed by atoms with van der Waals surface area (Å²) in [6.45, 7) is 1.98. The van der Waals surface area contributed by atoms with E-state index < -0.39 is 5.82 Å². The standard InChI is InChI=1S/C22H17FN4O/c1-2-12-10-20(28)16(23)11-15(12)13-7-8-14-19(9-13)26-27-21(14)22-24-17-5-3-4-6-18(17)25-22/h3-11,28H,2H2,1H3,(H,24,25)(H,26,27). The number of H-pyrrole nitrogens is 2. The van der Waals surface area contributed by atoms with Gasteiger partial charge in [-0.25, -0.2) is 9.37 Å². The molecule has 0 spiro atoms. The molecule has 0 saturated heterocycles. The Kier molecular flexibility index (Phi) is 3.65. The third kappa shape index (κ3) is 2.53. The molecule has 0 fully saturated rings. The van der Waals surface area contributed by atoms with Gasteiger partial charge in [0.05, 0.1) is 16.6 Å². The van der Waals surface area contributed by atoms with Crippen LogP contribution >= 0.6 is 0 Å². The van der Waals surface area contributed by atoms with Gasteiger partial charge in [0.1, 0.15) is 5.69 Å². The van der Waals surface area contributed by atoms with Gasteiger partial charge in [-0.1, -0.05) is 25.1 Å². The van der Waals surface area contributed by atoms with Gasteiger partial charge in [0, 0.05) is 5.39 Å². The number of para-hydroxylation sites is 2. The van der Waals surface area contributed by atoms with E-state index in [1.807, 2.05) is 49.4 Å². The van der Waals surface area contributed by atoms with Crippen LogP contribution in [0.4, 0.5) is 4.39 Å². The molecule has 0 unspecified atom stereocenters. The number of nitrogens with zero attached hydrogens (tertiary/aromatic N) is 2. The van der Waals surface area contributed by atoms with Gasteiger partial charge in [-0.15, -0.1) is 0 Å². The van der Waals surface area contributed by atoms with E-state index in [4.69, 9.17) is 0 Å². The molecule has 0 aliphatic carbocycles. The van der Waals surface area contributed by atoms with Crippen molar-refractivity contribution in [3.8, 4) is 28.4 Å². The Labute approximate surface area is 159 Å². The lowest BCUT2D eigenvalue weighted by Gasteiger charge is -2.10. The predicted octanol–water partition coefficient (Wildman–Crippen LogP) is 5.18. The van der Waals surface area contributed by atoms with E-state index in [1.165, 1.54) is 12.1 Å². The maximum atomic E-state index is 13.9. The van der Waals surface area contributed by atoms with Crippen molar-refractivity contribution in [1.82, 2.24) is 20.2 Å². The summed E-state index contributed by atoms with van der Waals surface area (Å²) < 4.78 is 13.9. The van der Waals surface area contributed by atoms with Gasteiger partial charge in [-0.2, -0.15) is 5.10 Å². The minimum atomic E-state index is -0.625. The predicted molar refractivity (Wildman–Crippen MR) is 108 cm³/mol. The number of halogens is 1. The van der Waals surface area contributed by atoms with Crippen LogP contribution in [-0.4, -0.2) is 25.3 Å². The third-order valence-corrected chi connectivity index (χ3v) is 5.04. The van der Waals surface area contributed by atoms with Crippen LogP contribution in [0.3, 0.4) is 0 Å². The summed E-state index contributed by atoms with van der Waals surface area (Å²) in [5, 5.41) is 18.1. The van der Waals surface area contributed by atoms with Gasteiger partial charge in [-0.3, -0.25) is 5.10 Å². The van der Waals surface area contributed by atoms with Crippen molar-refractivity contribution in [2.24, 2.45) is 0 Å². The first-order valence-electron chi connectivity index (χ1n) is 9.09. The summed E-state index contributed by atoms with van der Waals surface area (Å²) in [6, 6.07) is 16.5. The Morgan fingerprint density at radius 3 is 2.71 bits per heavy atom. The number of aromatic nitrogens is 4. The zero-order valence-electron chi connectivity index (χ0n) is 15.1. The number of rotatable bonds is 3. The van der Waals surface area contributed by atoms with Crippen LogP contribution in [0.2, 0.25) is 0 Å². The Morgan fingerprint density at radius 2 is 1.89 bits per heavy atom. The van der Waals surface area contributed by atoms with E-state index in [0.29, 0.717) is 12.2 Å². The van der Waals surface area contributed by atoms with Crippen molar-refractivity contribution in [3.05, 3.63) is 66.0 Å². The van der Waals surface area contributed by atoms with Gasteiger partial charge in [0.25, 0.3) is 0 Å². The maximum Gasteiger partial charge on any atom is 0.165 e. The van der Waals surface area contributed by atoms with Crippen LogP contribution in [0.5, 0.6) is 5.75 Å². The number of benzene rings is 3. The van der Waals surface area contributed by atoms with E-state index in [2.05, 4.69) is 20.2 Å². The molecule has 0 aliphatic heterocycles. The van der Waals surface area contributed by atoms with E-state index in [9.17, 15) is 9.50 Å². The van der Waals surface area contributed by atoms with Gasteiger partial charge in [0.15, 0.2) is 17.4 Å². The lowest BCUT2D eigenvalue weighted by molar-refractivity contribution is 0.432. The third-order valence-electron chi connectivity index (χ3n) is 5.04. The molecular weight excluding hydrogens is 355 g/mol. The Hall–Kier alpha value is -3.67. The van der Waals surface area contributed by atoms with E-state index in [-0.39, 0.29) is 5.75 Å². The monoisotopic (exact) mass is 372 g/mol. The molecule has 5 aromatic rings. The van der Waals surface area contributed by atoms with Crippen molar-refractivity contribution in [3.63, 3.8) is 0 Å². The first kappa shape index (κ1) is 16.5. The molecule has 2 aromatic heterocycles. The molecule has 28 heavy (non-hydrogen) atoms. The second-order valence-electron chi connectivity index (χ2n) is 6.75. The molecule has 0 radical (unpaired) electrons. The fourth-order valence-corrected chi connectivity index (χ4v) is 3.60. The number of hydrogen-bond donors (Lipinski definition) is 3. The van der Waals surface area contributed by atoms with Crippen LogP contribution < -0.4 is 0 Å². The molecule has 0 amide bonds. The fourth-order valence-electron chi connectivity index (χ4n) is 3.60. The average Bonchev–Trinajstić information content (AvgIpc) is 3.32. The van der Waals surface area contributed by atoms with Gasteiger partial charge in [0.2, 0.25) is 0 Å². The zero-order valence-corrected chi connectivity index (χ0v) is 15.1. The van der Waals surface area contributed by atoms with Crippen LogP contribution in [0, 0.1) is 5.82 Å². The number of fused-ring (bicyclic) bond motifs is 2. The Balaban J connectivity index is 1.63. The van der Waals surface area contributed by atoms with E-state index in [0.717, 1.165) is 44.3 Å². The van der Waals surface area contributed by atoms with Crippen molar-refractivity contribution in [1.29, 1.82) is 0 Å². The fraction of sp³-hybridized carbons (Fsp3) is 0.0909. The van der Waals surface area contributed by atoms with Crippen LogP contribution in [0.1, 0.15) is 12.5 Å². The van der Waals surface area contributed by atoms with Crippen molar-refractivity contribution >= 4 is 21.9 Å². The number of aryl methyl sites for hydroxylation is 1. The smallest absolute Gasteiger partial charge is 0.165 e. The highest BCUT2D eigenvalue weighted by molar-refractivity contribution is 5.95.